The van der Waals surface area contributed by atoms with Crippen molar-refractivity contribution in [2.75, 3.05) is 13.2 Å². The summed E-state index contributed by atoms with van der Waals surface area (Å²) in [4.78, 5) is 12.2. The van der Waals surface area contributed by atoms with E-state index >= 15 is 0 Å². The van der Waals surface area contributed by atoms with Crippen LogP contribution in [0.25, 0.3) is 0 Å². The summed E-state index contributed by atoms with van der Waals surface area (Å²) in [5.41, 5.74) is 2.85. The van der Waals surface area contributed by atoms with Gasteiger partial charge in [-0.05, 0) is 44.9 Å². The number of benzene rings is 1. The number of amides is 1. The third-order valence-electron chi connectivity index (χ3n) is 4.23. The summed E-state index contributed by atoms with van der Waals surface area (Å²) >= 11 is 0. The van der Waals surface area contributed by atoms with Crippen LogP contribution < -0.4 is 14.8 Å². The van der Waals surface area contributed by atoms with Gasteiger partial charge in [0.2, 0.25) is 5.91 Å². The highest BCUT2D eigenvalue weighted by Gasteiger charge is 2.16. The Morgan fingerprint density at radius 1 is 1.25 bits per heavy atom. The molecule has 1 aromatic heterocycles. The first-order valence-electron chi connectivity index (χ1n) is 8.15. The van der Waals surface area contributed by atoms with Crippen molar-refractivity contribution in [3.05, 3.63) is 40.8 Å². The normalized spacial score (nSPS) is 14.3. The summed E-state index contributed by atoms with van der Waals surface area (Å²) in [6, 6.07) is 5.66. The van der Waals surface area contributed by atoms with Crippen LogP contribution in [0.1, 0.15) is 42.0 Å². The highest BCUT2D eigenvalue weighted by atomic mass is 16.6. The lowest BCUT2D eigenvalue weighted by Gasteiger charge is -2.21. The predicted octanol–water partition coefficient (Wildman–Crippen LogP) is 2.87. The Morgan fingerprint density at radius 2 is 2.00 bits per heavy atom. The molecule has 1 unspecified atom stereocenters. The minimum atomic E-state index is -0.0991. The number of nitrogens with zero attached hydrogens (tertiary/aromatic N) is 1. The van der Waals surface area contributed by atoms with E-state index in [4.69, 9.17) is 14.0 Å². The van der Waals surface area contributed by atoms with E-state index in [1.165, 1.54) is 0 Å². The third-order valence-corrected chi connectivity index (χ3v) is 4.23. The highest BCUT2D eigenvalue weighted by Crippen LogP contribution is 2.32. The maximum absolute atomic E-state index is 12.2. The summed E-state index contributed by atoms with van der Waals surface area (Å²) in [6.45, 7) is 6.83. The smallest absolute Gasteiger partial charge is 0.220 e. The van der Waals surface area contributed by atoms with Gasteiger partial charge in [0.05, 0.1) is 11.7 Å². The van der Waals surface area contributed by atoms with Gasteiger partial charge in [-0.1, -0.05) is 11.2 Å². The van der Waals surface area contributed by atoms with Crippen LogP contribution in [-0.2, 0) is 11.2 Å². The molecule has 128 valence electrons. The lowest BCUT2D eigenvalue weighted by molar-refractivity contribution is -0.121. The largest absolute Gasteiger partial charge is 0.486 e. The molecule has 0 saturated heterocycles. The SMILES string of the molecule is Cc1noc(C)c1CCC(=O)NC(C)c1ccc2c(c1)OCCO2. The first-order chi connectivity index (χ1) is 11.5. The molecule has 6 nitrogen and oxygen atoms in total. The third kappa shape index (κ3) is 3.53. The van der Waals surface area contributed by atoms with E-state index in [2.05, 4.69) is 10.5 Å². The number of carbonyl (C=O) groups excluding carboxylic acids is 1. The molecule has 1 N–H and O–H groups in total. The number of aromatic nitrogens is 1. The summed E-state index contributed by atoms with van der Waals surface area (Å²) in [7, 11) is 0. The van der Waals surface area contributed by atoms with Crippen LogP contribution in [-0.4, -0.2) is 24.3 Å². The molecule has 0 radical (unpaired) electrons. The fraction of sp³-hybridized carbons (Fsp3) is 0.444. The van der Waals surface area contributed by atoms with Crippen LogP contribution in [0.4, 0.5) is 0 Å². The molecular weight excluding hydrogens is 308 g/mol. The van der Waals surface area contributed by atoms with Crippen molar-refractivity contribution >= 4 is 5.91 Å². The summed E-state index contributed by atoms with van der Waals surface area (Å²) < 4.78 is 16.2. The molecule has 1 atom stereocenters. The van der Waals surface area contributed by atoms with Crippen LogP contribution in [0.3, 0.4) is 0 Å². The molecule has 2 heterocycles. The van der Waals surface area contributed by atoms with Crippen molar-refractivity contribution < 1.29 is 18.8 Å². The Balaban J connectivity index is 1.58. The molecule has 1 aromatic carbocycles. The number of aryl methyl sites for hydroxylation is 2. The Bertz CT molecular complexity index is 719. The molecule has 6 heteroatoms. The molecule has 0 spiro atoms. The summed E-state index contributed by atoms with van der Waals surface area (Å²) in [6.07, 6.45) is 1.03. The van der Waals surface area contributed by atoms with E-state index in [-0.39, 0.29) is 11.9 Å². The standard InChI is InChI=1S/C18H22N2O4/c1-11(14-4-6-16-17(10-14)23-9-8-22-16)19-18(21)7-5-15-12(2)20-24-13(15)3/h4,6,10-11H,5,7-9H2,1-3H3,(H,19,21). The zero-order valence-electron chi connectivity index (χ0n) is 14.2. The Morgan fingerprint density at radius 3 is 2.71 bits per heavy atom. The van der Waals surface area contributed by atoms with Gasteiger partial charge in [-0.15, -0.1) is 0 Å². The first kappa shape index (κ1) is 16.4. The zero-order chi connectivity index (χ0) is 17.1. The Kier molecular flexibility index (Phi) is 4.74. The number of ether oxygens (including phenoxy) is 2. The Hall–Kier alpha value is -2.50. The second-order valence-electron chi connectivity index (χ2n) is 6.00. The monoisotopic (exact) mass is 330 g/mol. The number of carbonyl (C=O) groups is 1. The van der Waals surface area contributed by atoms with Gasteiger partial charge in [-0.3, -0.25) is 4.79 Å². The van der Waals surface area contributed by atoms with Gasteiger partial charge in [-0.2, -0.15) is 0 Å². The topological polar surface area (TPSA) is 73.6 Å². The second kappa shape index (κ2) is 6.95. The molecule has 3 rings (SSSR count). The van der Waals surface area contributed by atoms with E-state index < -0.39 is 0 Å². The number of fused-ring (bicyclic) bond motifs is 1. The van der Waals surface area contributed by atoms with E-state index in [1.807, 2.05) is 39.0 Å². The average molecular weight is 330 g/mol. The number of hydrogen-bond donors (Lipinski definition) is 1. The van der Waals surface area contributed by atoms with Crippen molar-refractivity contribution in [2.24, 2.45) is 0 Å². The lowest BCUT2D eigenvalue weighted by atomic mass is 10.1. The molecular formula is C18H22N2O4. The summed E-state index contributed by atoms with van der Waals surface area (Å²) in [5.74, 6) is 2.26. The molecule has 1 aliphatic rings. The lowest BCUT2D eigenvalue weighted by Crippen LogP contribution is -2.27. The van der Waals surface area contributed by atoms with Crippen LogP contribution in [0.5, 0.6) is 11.5 Å². The molecule has 24 heavy (non-hydrogen) atoms. The fourth-order valence-electron chi connectivity index (χ4n) is 2.82. The Labute approximate surface area is 141 Å². The van der Waals surface area contributed by atoms with Crippen LogP contribution in [0, 0.1) is 13.8 Å². The first-order valence-corrected chi connectivity index (χ1v) is 8.15. The van der Waals surface area contributed by atoms with E-state index in [0.717, 1.165) is 34.1 Å². The van der Waals surface area contributed by atoms with Crippen LogP contribution in [0.2, 0.25) is 0 Å². The van der Waals surface area contributed by atoms with Gasteiger partial charge in [0.15, 0.2) is 11.5 Å². The zero-order valence-corrected chi connectivity index (χ0v) is 14.2. The minimum Gasteiger partial charge on any atom is -0.486 e. The quantitative estimate of drug-likeness (QED) is 0.912. The van der Waals surface area contributed by atoms with E-state index in [9.17, 15) is 4.79 Å². The van der Waals surface area contributed by atoms with Gasteiger partial charge >= 0.3 is 0 Å². The van der Waals surface area contributed by atoms with Gasteiger partial charge in [0.1, 0.15) is 19.0 Å². The molecule has 0 bridgehead atoms. The molecule has 0 saturated carbocycles. The number of rotatable bonds is 5. The van der Waals surface area contributed by atoms with Crippen LogP contribution >= 0.6 is 0 Å². The van der Waals surface area contributed by atoms with Crippen molar-refractivity contribution in [3.63, 3.8) is 0 Å². The highest BCUT2D eigenvalue weighted by molar-refractivity contribution is 5.76. The molecule has 0 fully saturated rings. The van der Waals surface area contributed by atoms with Crippen molar-refractivity contribution in [1.82, 2.24) is 10.5 Å². The average Bonchev–Trinajstić information content (AvgIpc) is 2.90. The van der Waals surface area contributed by atoms with Gasteiger partial charge in [0.25, 0.3) is 0 Å². The van der Waals surface area contributed by atoms with Gasteiger partial charge in [-0.25, -0.2) is 0 Å². The van der Waals surface area contributed by atoms with E-state index in [0.29, 0.717) is 26.1 Å². The molecule has 1 aliphatic heterocycles. The molecule has 2 aromatic rings. The fourth-order valence-corrected chi connectivity index (χ4v) is 2.82. The maximum Gasteiger partial charge on any atom is 0.220 e. The van der Waals surface area contributed by atoms with Gasteiger partial charge in [0, 0.05) is 12.0 Å². The van der Waals surface area contributed by atoms with E-state index in [1.54, 1.807) is 0 Å². The van der Waals surface area contributed by atoms with Crippen molar-refractivity contribution in [3.8, 4) is 11.5 Å². The predicted molar refractivity (Wildman–Crippen MR) is 88.3 cm³/mol. The van der Waals surface area contributed by atoms with Crippen molar-refractivity contribution in [1.29, 1.82) is 0 Å². The summed E-state index contributed by atoms with van der Waals surface area (Å²) in [5, 5.41) is 6.93. The molecule has 0 aliphatic carbocycles. The van der Waals surface area contributed by atoms with Crippen LogP contribution in [0.15, 0.2) is 22.7 Å². The van der Waals surface area contributed by atoms with Crippen molar-refractivity contribution in [2.45, 2.75) is 39.7 Å². The number of hydrogen-bond acceptors (Lipinski definition) is 5. The number of nitrogens with one attached hydrogen (secondary N) is 1. The maximum atomic E-state index is 12.2. The minimum absolute atomic E-state index is 0.00242. The van der Waals surface area contributed by atoms with Gasteiger partial charge < -0.3 is 19.3 Å². The molecule has 1 amide bonds. The second-order valence-corrected chi connectivity index (χ2v) is 6.00.